The summed E-state index contributed by atoms with van der Waals surface area (Å²) in [7, 11) is 1.31. The Morgan fingerprint density at radius 2 is 1.74 bits per heavy atom. The molecular formula is C20H18N4O3. The number of methoxy groups -OCH3 is 1. The first-order chi connectivity index (χ1) is 13.0. The quantitative estimate of drug-likeness (QED) is 0.674. The number of aryl methyl sites for hydroxylation is 1. The molecule has 0 fully saturated rings. The maximum Gasteiger partial charge on any atom is 0.337 e. The highest BCUT2D eigenvalue weighted by atomic mass is 16.5. The summed E-state index contributed by atoms with van der Waals surface area (Å²) in [6.07, 6.45) is 2.90. The largest absolute Gasteiger partial charge is 0.465 e. The first-order valence-corrected chi connectivity index (χ1v) is 8.20. The molecule has 2 aromatic carbocycles. The third kappa shape index (κ3) is 4.66. The molecule has 0 atom stereocenters. The fourth-order valence-corrected chi connectivity index (χ4v) is 2.38. The lowest BCUT2D eigenvalue weighted by Gasteiger charge is -2.08. The van der Waals surface area contributed by atoms with Gasteiger partial charge in [-0.25, -0.2) is 14.8 Å². The van der Waals surface area contributed by atoms with Gasteiger partial charge in [-0.3, -0.25) is 4.79 Å². The fourth-order valence-electron chi connectivity index (χ4n) is 2.38. The maximum absolute atomic E-state index is 12.3. The van der Waals surface area contributed by atoms with Crippen molar-refractivity contribution >= 4 is 29.1 Å². The molecule has 0 saturated carbocycles. The summed E-state index contributed by atoms with van der Waals surface area (Å²) in [6, 6.07) is 14.2. The first kappa shape index (κ1) is 18.1. The van der Waals surface area contributed by atoms with Gasteiger partial charge in [-0.05, 0) is 48.9 Å². The fraction of sp³-hybridized carbons (Fsp3) is 0.100. The van der Waals surface area contributed by atoms with Gasteiger partial charge in [0.05, 0.1) is 25.1 Å². The predicted molar refractivity (Wildman–Crippen MR) is 102 cm³/mol. The molecule has 1 heterocycles. The Kier molecular flexibility index (Phi) is 5.41. The second-order valence-electron chi connectivity index (χ2n) is 5.80. The number of nitrogens with zero attached hydrogens (tertiary/aromatic N) is 2. The van der Waals surface area contributed by atoms with E-state index in [-0.39, 0.29) is 5.69 Å². The monoisotopic (exact) mass is 362 g/mol. The van der Waals surface area contributed by atoms with Crippen molar-refractivity contribution in [2.45, 2.75) is 6.92 Å². The summed E-state index contributed by atoms with van der Waals surface area (Å²) >= 11 is 0. The molecule has 0 aliphatic rings. The highest BCUT2D eigenvalue weighted by molar-refractivity contribution is 6.03. The van der Waals surface area contributed by atoms with Crippen LogP contribution >= 0.6 is 0 Å². The first-order valence-electron chi connectivity index (χ1n) is 8.20. The summed E-state index contributed by atoms with van der Waals surface area (Å²) in [6.45, 7) is 2.00. The molecule has 2 N–H and O–H groups in total. The van der Waals surface area contributed by atoms with Gasteiger partial charge < -0.3 is 15.4 Å². The molecule has 0 saturated heterocycles. The lowest BCUT2D eigenvalue weighted by Crippen LogP contribution is -2.14. The zero-order valence-electron chi connectivity index (χ0n) is 14.9. The summed E-state index contributed by atoms with van der Waals surface area (Å²) in [5, 5.41) is 5.84. The van der Waals surface area contributed by atoms with Crippen molar-refractivity contribution in [3.8, 4) is 0 Å². The van der Waals surface area contributed by atoms with E-state index >= 15 is 0 Å². The summed E-state index contributed by atoms with van der Waals surface area (Å²) in [5.41, 5.74) is 3.15. The zero-order valence-corrected chi connectivity index (χ0v) is 14.9. The Hall–Kier alpha value is -3.74. The van der Waals surface area contributed by atoms with E-state index in [2.05, 4.69) is 25.3 Å². The molecule has 0 bridgehead atoms. The Bertz CT molecular complexity index is 954. The number of carbonyl (C=O) groups is 2. The van der Waals surface area contributed by atoms with Crippen LogP contribution in [-0.2, 0) is 4.74 Å². The van der Waals surface area contributed by atoms with E-state index in [4.69, 9.17) is 0 Å². The Morgan fingerprint density at radius 1 is 0.963 bits per heavy atom. The third-order valence-electron chi connectivity index (χ3n) is 3.74. The molecule has 1 amide bonds. The van der Waals surface area contributed by atoms with Crippen LogP contribution in [0.3, 0.4) is 0 Å². The number of carbonyl (C=O) groups excluding carboxylic acids is 2. The van der Waals surface area contributed by atoms with Crippen molar-refractivity contribution in [3.63, 3.8) is 0 Å². The number of benzene rings is 2. The van der Waals surface area contributed by atoms with Gasteiger partial charge in [0.1, 0.15) is 11.5 Å². The van der Waals surface area contributed by atoms with Gasteiger partial charge in [0.15, 0.2) is 0 Å². The number of rotatable bonds is 5. The Labute approximate surface area is 156 Å². The van der Waals surface area contributed by atoms with Gasteiger partial charge in [0, 0.05) is 11.4 Å². The van der Waals surface area contributed by atoms with Crippen LogP contribution in [-0.4, -0.2) is 29.0 Å². The third-order valence-corrected chi connectivity index (χ3v) is 3.74. The van der Waals surface area contributed by atoms with Crippen molar-refractivity contribution in [1.82, 2.24) is 9.97 Å². The van der Waals surface area contributed by atoms with E-state index in [1.807, 2.05) is 31.2 Å². The Morgan fingerprint density at radius 3 is 2.37 bits per heavy atom. The van der Waals surface area contributed by atoms with E-state index in [0.29, 0.717) is 17.1 Å². The number of aromatic nitrogens is 2. The number of amides is 1. The number of anilines is 3. The number of hydrogen-bond acceptors (Lipinski definition) is 6. The van der Waals surface area contributed by atoms with Crippen molar-refractivity contribution < 1.29 is 14.3 Å². The molecule has 7 nitrogen and oxygen atoms in total. The van der Waals surface area contributed by atoms with E-state index < -0.39 is 11.9 Å². The van der Waals surface area contributed by atoms with Crippen LogP contribution in [0.15, 0.2) is 60.9 Å². The van der Waals surface area contributed by atoms with Crippen LogP contribution in [0.25, 0.3) is 0 Å². The molecule has 1 aromatic heterocycles. The molecule has 136 valence electrons. The maximum atomic E-state index is 12.3. The van der Waals surface area contributed by atoms with Gasteiger partial charge >= 0.3 is 5.97 Å². The number of esters is 1. The van der Waals surface area contributed by atoms with E-state index in [9.17, 15) is 9.59 Å². The van der Waals surface area contributed by atoms with Gasteiger partial charge in [-0.2, -0.15) is 0 Å². The molecule has 0 unspecified atom stereocenters. The average molecular weight is 362 g/mol. The Balaban J connectivity index is 1.64. The molecule has 0 radical (unpaired) electrons. The molecule has 0 spiro atoms. The molecule has 7 heteroatoms. The van der Waals surface area contributed by atoms with Crippen molar-refractivity contribution in [1.29, 1.82) is 0 Å². The van der Waals surface area contributed by atoms with Crippen molar-refractivity contribution in [3.05, 3.63) is 77.7 Å². The zero-order chi connectivity index (χ0) is 19.2. The van der Waals surface area contributed by atoms with Gasteiger partial charge in [-0.15, -0.1) is 0 Å². The van der Waals surface area contributed by atoms with Crippen molar-refractivity contribution in [2.75, 3.05) is 17.7 Å². The van der Waals surface area contributed by atoms with Crippen LogP contribution in [0.1, 0.15) is 26.4 Å². The molecule has 0 aliphatic carbocycles. The van der Waals surface area contributed by atoms with E-state index in [1.165, 1.54) is 19.5 Å². The van der Waals surface area contributed by atoms with Gasteiger partial charge in [-0.1, -0.05) is 12.1 Å². The van der Waals surface area contributed by atoms with Crippen molar-refractivity contribution in [2.24, 2.45) is 0 Å². The highest BCUT2D eigenvalue weighted by Gasteiger charge is 2.10. The second-order valence-corrected chi connectivity index (χ2v) is 5.80. The van der Waals surface area contributed by atoms with Gasteiger partial charge in [0.2, 0.25) is 0 Å². The number of nitrogens with one attached hydrogen (secondary N) is 2. The topological polar surface area (TPSA) is 93.2 Å². The number of ether oxygens (including phenoxy) is 1. The molecule has 27 heavy (non-hydrogen) atoms. The van der Waals surface area contributed by atoms with E-state index in [1.54, 1.807) is 24.3 Å². The molecule has 3 rings (SSSR count). The minimum Gasteiger partial charge on any atom is -0.465 e. The van der Waals surface area contributed by atoms with Crippen LogP contribution < -0.4 is 10.6 Å². The highest BCUT2D eigenvalue weighted by Crippen LogP contribution is 2.15. The predicted octanol–water partition coefficient (Wildman–Crippen LogP) is 3.57. The lowest BCUT2D eigenvalue weighted by molar-refractivity contribution is 0.0600. The minimum atomic E-state index is -0.435. The van der Waals surface area contributed by atoms with Crippen LogP contribution in [0, 0.1) is 6.92 Å². The van der Waals surface area contributed by atoms with Crippen LogP contribution in [0.2, 0.25) is 0 Å². The van der Waals surface area contributed by atoms with Gasteiger partial charge in [0.25, 0.3) is 5.91 Å². The summed E-state index contributed by atoms with van der Waals surface area (Å²) in [5.74, 6) is -0.287. The molecule has 3 aromatic rings. The lowest BCUT2D eigenvalue weighted by atomic mass is 10.2. The molecule has 0 aliphatic heterocycles. The van der Waals surface area contributed by atoms with Crippen LogP contribution in [0.5, 0.6) is 0 Å². The average Bonchev–Trinajstić information content (AvgIpc) is 2.68. The smallest absolute Gasteiger partial charge is 0.337 e. The van der Waals surface area contributed by atoms with Crippen LogP contribution in [0.4, 0.5) is 17.2 Å². The number of hydrogen-bond donors (Lipinski definition) is 2. The summed E-state index contributed by atoms with van der Waals surface area (Å²) in [4.78, 5) is 32.1. The SMILES string of the molecule is COC(=O)c1ccc(NC(=O)c2cnc(Nc3cccc(C)c3)cn2)cc1. The minimum absolute atomic E-state index is 0.182. The molecular weight excluding hydrogens is 344 g/mol. The standard InChI is InChI=1S/C20H18N4O3/c1-13-4-3-5-16(10-13)23-18-12-21-17(11-22-18)19(25)24-15-8-6-14(7-9-15)20(26)27-2/h3-12H,1-2H3,(H,22,23)(H,24,25). The van der Waals surface area contributed by atoms with E-state index in [0.717, 1.165) is 11.3 Å². The normalized spacial score (nSPS) is 10.1. The summed E-state index contributed by atoms with van der Waals surface area (Å²) < 4.78 is 4.64. The second kappa shape index (κ2) is 8.09.